The second kappa shape index (κ2) is 8.10. The SMILES string of the molecule is CCOc1ccc2[nH]c(-c3cccc(Oc4ccccc4)c3)c(CC(=O)O)c2c1. The lowest BCUT2D eigenvalue weighted by atomic mass is 10.0. The van der Waals surface area contributed by atoms with Gasteiger partial charge in [0.25, 0.3) is 0 Å². The molecule has 0 aliphatic heterocycles. The molecule has 0 bridgehead atoms. The van der Waals surface area contributed by atoms with E-state index in [1.54, 1.807) is 0 Å². The van der Waals surface area contributed by atoms with Crippen molar-refractivity contribution in [2.75, 3.05) is 6.61 Å². The topological polar surface area (TPSA) is 71.5 Å². The van der Waals surface area contributed by atoms with Gasteiger partial charge in [-0.1, -0.05) is 30.3 Å². The molecule has 1 heterocycles. The molecule has 29 heavy (non-hydrogen) atoms. The van der Waals surface area contributed by atoms with Gasteiger partial charge in [-0.25, -0.2) is 0 Å². The third-order valence-electron chi connectivity index (χ3n) is 4.62. The fourth-order valence-corrected chi connectivity index (χ4v) is 3.40. The molecule has 4 aromatic rings. The van der Waals surface area contributed by atoms with Crippen molar-refractivity contribution in [2.45, 2.75) is 13.3 Å². The number of H-pyrrole nitrogens is 1. The Kier molecular flexibility index (Phi) is 5.20. The molecule has 0 atom stereocenters. The molecule has 0 unspecified atom stereocenters. The smallest absolute Gasteiger partial charge is 0.307 e. The van der Waals surface area contributed by atoms with Crippen LogP contribution in [0.5, 0.6) is 17.2 Å². The minimum Gasteiger partial charge on any atom is -0.494 e. The first-order valence-electron chi connectivity index (χ1n) is 9.46. The Morgan fingerprint density at radius 2 is 1.72 bits per heavy atom. The zero-order valence-electron chi connectivity index (χ0n) is 16.0. The summed E-state index contributed by atoms with van der Waals surface area (Å²) in [5, 5.41) is 10.3. The number of aromatic nitrogens is 1. The summed E-state index contributed by atoms with van der Waals surface area (Å²) in [5.41, 5.74) is 3.23. The van der Waals surface area contributed by atoms with Gasteiger partial charge in [0.1, 0.15) is 17.2 Å². The quantitative estimate of drug-likeness (QED) is 0.430. The van der Waals surface area contributed by atoms with E-state index in [2.05, 4.69) is 4.98 Å². The minimum atomic E-state index is -0.884. The van der Waals surface area contributed by atoms with Crippen molar-refractivity contribution in [3.8, 4) is 28.5 Å². The van der Waals surface area contributed by atoms with E-state index in [0.29, 0.717) is 12.4 Å². The summed E-state index contributed by atoms with van der Waals surface area (Å²) in [6.07, 6.45) is -0.0886. The second-order valence-corrected chi connectivity index (χ2v) is 6.63. The first-order chi connectivity index (χ1) is 14.1. The van der Waals surface area contributed by atoms with Crippen LogP contribution < -0.4 is 9.47 Å². The molecule has 5 nitrogen and oxygen atoms in total. The average Bonchev–Trinajstić information content (AvgIpc) is 3.07. The van der Waals surface area contributed by atoms with Crippen LogP contribution >= 0.6 is 0 Å². The van der Waals surface area contributed by atoms with E-state index < -0.39 is 5.97 Å². The van der Waals surface area contributed by atoms with E-state index in [1.807, 2.05) is 79.7 Å². The number of carboxylic acids is 1. The third-order valence-corrected chi connectivity index (χ3v) is 4.62. The number of para-hydroxylation sites is 1. The van der Waals surface area contributed by atoms with Gasteiger partial charge >= 0.3 is 5.97 Å². The van der Waals surface area contributed by atoms with Crippen molar-refractivity contribution < 1.29 is 19.4 Å². The Balaban J connectivity index is 1.78. The molecule has 0 aliphatic carbocycles. The highest BCUT2D eigenvalue weighted by Gasteiger charge is 2.17. The monoisotopic (exact) mass is 387 g/mol. The molecule has 2 N–H and O–H groups in total. The van der Waals surface area contributed by atoms with Gasteiger partial charge in [-0.15, -0.1) is 0 Å². The Morgan fingerprint density at radius 1 is 0.931 bits per heavy atom. The van der Waals surface area contributed by atoms with E-state index in [-0.39, 0.29) is 6.42 Å². The van der Waals surface area contributed by atoms with Crippen LogP contribution in [0.1, 0.15) is 12.5 Å². The summed E-state index contributed by atoms with van der Waals surface area (Å²) in [7, 11) is 0. The van der Waals surface area contributed by atoms with Gasteiger partial charge in [-0.2, -0.15) is 0 Å². The highest BCUT2D eigenvalue weighted by atomic mass is 16.5. The van der Waals surface area contributed by atoms with E-state index in [4.69, 9.17) is 9.47 Å². The number of ether oxygens (including phenoxy) is 2. The van der Waals surface area contributed by atoms with Gasteiger partial charge in [0, 0.05) is 16.5 Å². The number of hydrogen-bond donors (Lipinski definition) is 2. The van der Waals surface area contributed by atoms with Gasteiger partial charge in [-0.05, 0) is 55.0 Å². The highest BCUT2D eigenvalue weighted by Crippen LogP contribution is 2.35. The maximum atomic E-state index is 11.5. The highest BCUT2D eigenvalue weighted by molar-refractivity contribution is 5.94. The zero-order valence-corrected chi connectivity index (χ0v) is 16.0. The molecular weight excluding hydrogens is 366 g/mol. The molecule has 0 radical (unpaired) electrons. The normalized spacial score (nSPS) is 10.8. The summed E-state index contributed by atoms with van der Waals surface area (Å²) >= 11 is 0. The van der Waals surface area contributed by atoms with Crippen molar-refractivity contribution in [3.05, 3.63) is 78.4 Å². The number of hydrogen-bond acceptors (Lipinski definition) is 3. The Morgan fingerprint density at radius 3 is 2.48 bits per heavy atom. The number of carboxylic acid groups (broad SMARTS) is 1. The van der Waals surface area contributed by atoms with E-state index in [1.165, 1.54) is 0 Å². The van der Waals surface area contributed by atoms with Gasteiger partial charge in [0.2, 0.25) is 0 Å². The molecule has 4 rings (SSSR count). The molecule has 0 saturated heterocycles. The van der Waals surface area contributed by atoms with Gasteiger partial charge < -0.3 is 19.6 Å². The van der Waals surface area contributed by atoms with Crippen molar-refractivity contribution in [2.24, 2.45) is 0 Å². The van der Waals surface area contributed by atoms with Crippen LogP contribution in [0.3, 0.4) is 0 Å². The molecule has 0 spiro atoms. The van der Waals surface area contributed by atoms with Gasteiger partial charge in [0.15, 0.2) is 0 Å². The van der Waals surface area contributed by atoms with Crippen LogP contribution in [0.2, 0.25) is 0 Å². The van der Waals surface area contributed by atoms with Crippen LogP contribution in [0, 0.1) is 0 Å². The van der Waals surface area contributed by atoms with Crippen molar-refractivity contribution >= 4 is 16.9 Å². The van der Waals surface area contributed by atoms with Crippen LogP contribution in [0.15, 0.2) is 72.8 Å². The lowest BCUT2D eigenvalue weighted by Crippen LogP contribution is -2.01. The maximum Gasteiger partial charge on any atom is 0.307 e. The van der Waals surface area contributed by atoms with E-state index in [9.17, 15) is 9.90 Å². The van der Waals surface area contributed by atoms with E-state index in [0.717, 1.165) is 39.2 Å². The lowest BCUT2D eigenvalue weighted by molar-refractivity contribution is -0.136. The Hall–Kier alpha value is -3.73. The number of rotatable bonds is 7. The second-order valence-electron chi connectivity index (χ2n) is 6.63. The van der Waals surface area contributed by atoms with Crippen LogP contribution in [-0.4, -0.2) is 22.7 Å². The third kappa shape index (κ3) is 4.09. The van der Waals surface area contributed by atoms with Crippen LogP contribution in [-0.2, 0) is 11.2 Å². The summed E-state index contributed by atoms with van der Waals surface area (Å²) in [6.45, 7) is 2.47. The number of aromatic amines is 1. The van der Waals surface area contributed by atoms with E-state index >= 15 is 0 Å². The summed E-state index contributed by atoms with van der Waals surface area (Å²) in [4.78, 5) is 14.9. The van der Waals surface area contributed by atoms with Gasteiger partial charge in [0.05, 0.1) is 18.7 Å². The number of fused-ring (bicyclic) bond motifs is 1. The molecule has 0 fully saturated rings. The van der Waals surface area contributed by atoms with Crippen molar-refractivity contribution in [3.63, 3.8) is 0 Å². The lowest BCUT2D eigenvalue weighted by Gasteiger charge is -2.08. The molecule has 0 aliphatic rings. The molecule has 0 amide bonds. The predicted octanol–water partition coefficient (Wildman–Crippen LogP) is 5.65. The summed E-state index contributed by atoms with van der Waals surface area (Å²) < 4.78 is 11.5. The largest absolute Gasteiger partial charge is 0.494 e. The maximum absolute atomic E-state index is 11.5. The molecule has 3 aromatic carbocycles. The zero-order chi connectivity index (χ0) is 20.2. The fraction of sp³-hybridized carbons (Fsp3) is 0.125. The molecule has 5 heteroatoms. The van der Waals surface area contributed by atoms with Crippen LogP contribution in [0.4, 0.5) is 0 Å². The standard InChI is InChI=1S/C24H21NO4/c1-2-28-18-11-12-22-20(14-18)21(15-23(26)27)24(25-22)16-7-6-10-19(13-16)29-17-8-4-3-5-9-17/h3-14,25H,2,15H2,1H3,(H,26,27). The Labute approximate surface area is 168 Å². The predicted molar refractivity (Wildman–Crippen MR) is 113 cm³/mol. The summed E-state index contributed by atoms with van der Waals surface area (Å²) in [5.74, 6) is 1.26. The molecule has 146 valence electrons. The molecule has 0 saturated carbocycles. The van der Waals surface area contributed by atoms with Crippen molar-refractivity contribution in [1.82, 2.24) is 4.98 Å². The van der Waals surface area contributed by atoms with Crippen molar-refractivity contribution in [1.29, 1.82) is 0 Å². The number of nitrogens with one attached hydrogen (secondary N) is 1. The number of aliphatic carboxylic acids is 1. The first-order valence-corrected chi connectivity index (χ1v) is 9.46. The van der Waals surface area contributed by atoms with Crippen LogP contribution in [0.25, 0.3) is 22.2 Å². The summed E-state index contributed by atoms with van der Waals surface area (Å²) in [6, 6.07) is 22.9. The average molecular weight is 387 g/mol. The minimum absolute atomic E-state index is 0.0886. The number of carbonyl (C=O) groups is 1. The fourth-order valence-electron chi connectivity index (χ4n) is 3.40. The molecular formula is C24H21NO4. The Bertz CT molecular complexity index is 1150. The van der Waals surface area contributed by atoms with Gasteiger partial charge in [-0.3, -0.25) is 4.79 Å². The molecule has 1 aromatic heterocycles. The first kappa shape index (κ1) is 18.6. The number of benzene rings is 3.